The molecular formula is C10H9NO2. The van der Waals surface area contributed by atoms with Crippen molar-refractivity contribution in [1.82, 2.24) is 4.98 Å². The Bertz CT molecular complexity index is 445. The average molecular weight is 175 g/mol. The maximum Gasteiger partial charge on any atom is 0.192 e. The number of aromatic nitrogens is 1. The number of carbonyl (C=O) groups is 1. The minimum atomic E-state index is 0.426. The van der Waals surface area contributed by atoms with Crippen LogP contribution in [0.15, 0.2) is 22.6 Å². The van der Waals surface area contributed by atoms with E-state index in [9.17, 15) is 4.79 Å². The Hall–Kier alpha value is -1.64. The van der Waals surface area contributed by atoms with E-state index in [2.05, 4.69) is 4.98 Å². The van der Waals surface area contributed by atoms with Crippen molar-refractivity contribution in [3.8, 4) is 0 Å². The van der Waals surface area contributed by atoms with Crippen molar-refractivity contribution in [2.24, 2.45) is 0 Å². The van der Waals surface area contributed by atoms with Gasteiger partial charge in [-0.25, -0.2) is 4.98 Å². The zero-order valence-electron chi connectivity index (χ0n) is 7.28. The van der Waals surface area contributed by atoms with Gasteiger partial charge in [0.1, 0.15) is 11.8 Å². The molecule has 3 nitrogen and oxygen atoms in total. The van der Waals surface area contributed by atoms with E-state index < -0.39 is 0 Å². The molecule has 0 spiro atoms. The molecule has 0 atom stereocenters. The SMILES string of the molecule is Cc1nc2ccc(CC=O)cc2o1. The molecule has 0 N–H and O–H groups in total. The number of fused-ring (bicyclic) bond motifs is 1. The summed E-state index contributed by atoms with van der Waals surface area (Å²) in [6.07, 6.45) is 1.31. The van der Waals surface area contributed by atoms with Crippen molar-refractivity contribution in [3.05, 3.63) is 29.7 Å². The van der Waals surface area contributed by atoms with Crippen LogP contribution in [0.4, 0.5) is 0 Å². The maximum absolute atomic E-state index is 10.3. The summed E-state index contributed by atoms with van der Waals surface area (Å²) in [4.78, 5) is 14.4. The molecule has 66 valence electrons. The summed E-state index contributed by atoms with van der Waals surface area (Å²) in [5.41, 5.74) is 2.54. The number of oxazole rings is 1. The van der Waals surface area contributed by atoms with Gasteiger partial charge in [0, 0.05) is 13.3 Å². The normalized spacial score (nSPS) is 10.5. The number of aldehydes is 1. The van der Waals surface area contributed by atoms with E-state index >= 15 is 0 Å². The van der Waals surface area contributed by atoms with Crippen molar-refractivity contribution < 1.29 is 9.21 Å². The van der Waals surface area contributed by atoms with E-state index in [1.54, 1.807) is 6.92 Å². The van der Waals surface area contributed by atoms with Crippen molar-refractivity contribution >= 4 is 17.4 Å². The summed E-state index contributed by atoms with van der Waals surface area (Å²) < 4.78 is 5.33. The Labute approximate surface area is 75.4 Å². The molecular weight excluding hydrogens is 166 g/mol. The van der Waals surface area contributed by atoms with E-state index in [0.717, 1.165) is 22.9 Å². The number of rotatable bonds is 2. The zero-order chi connectivity index (χ0) is 9.26. The van der Waals surface area contributed by atoms with Gasteiger partial charge in [-0.15, -0.1) is 0 Å². The molecule has 0 aliphatic heterocycles. The molecule has 0 saturated heterocycles. The van der Waals surface area contributed by atoms with Gasteiger partial charge in [0.2, 0.25) is 0 Å². The second-order valence-electron chi connectivity index (χ2n) is 2.91. The first-order valence-corrected chi connectivity index (χ1v) is 4.09. The summed E-state index contributed by atoms with van der Waals surface area (Å²) >= 11 is 0. The highest BCUT2D eigenvalue weighted by molar-refractivity contribution is 5.74. The molecule has 1 aromatic carbocycles. The van der Waals surface area contributed by atoms with Gasteiger partial charge >= 0.3 is 0 Å². The fourth-order valence-electron chi connectivity index (χ4n) is 1.31. The number of hydrogen-bond acceptors (Lipinski definition) is 3. The van der Waals surface area contributed by atoms with Crippen molar-refractivity contribution in [3.63, 3.8) is 0 Å². The lowest BCUT2D eigenvalue weighted by molar-refractivity contribution is -0.107. The van der Waals surface area contributed by atoms with Crippen LogP contribution in [0.2, 0.25) is 0 Å². The molecule has 0 unspecified atom stereocenters. The minimum absolute atomic E-state index is 0.426. The summed E-state index contributed by atoms with van der Waals surface area (Å²) in [5.74, 6) is 0.651. The molecule has 3 heteroatoms. The number of carbonyl (C=O) groups excluding carboxylic acids is 1. The topological polar surface area (TPSA) is 43.1 Å². The largest absolute Gasteiger partial charge is 0.441 e. The quantitative estimate of drug-likeness (QED) is 0.654. The smallest absolute Gasteiger partial charge is 0.192 e. The summed E-state index contributed by atoms with van der Waals surface area (Å²) in [6, 6.07) is 5.60. The standard InChI is InChI=1S/C10H9NO2/c1-7-11-9-3-2-8(4-5-12)6-10(9)13-7/h2-3,5-6H,4H2,1H3. The van der Waals surface area contributed by atoms with Gasteiger partial charge in [-0.05, 0) is 17.7 Å². The van der Waals surface area contributed by atoms with E-state index in [-0.39, 0.29) is 0 Å². The van der Waals surface area contributed by atoms with Crippen LogP contribution in [-0.2, 0) is 11.2 Å². The van der Waals surface area contributed by atoms with Crippen LogP contribution in [-0.4, -0.2) is 11.3 Å². The predicted molar refractivity (Wildman–Crippen MR) is 48.5 cm³/mol. The molecule has 1 heterocycles. The van der Waals surface area contributed by atoms with Gasteiger partial charge in [-0.1, -0.05) is 6.07 Å². The first kappa shape index (κ1) is 7.98. The maximum atomic E-state index is 10.3. The minimum Gasteiger partial charge on any atom is -0.441 e. The molecule has 13 heavy (non-hydrogen) atoms. The van der Waals surface area contributed by atoms with Crippen molar-refractivity contribution in [2.45, 2.75) is 13.3 Å². The van der Waals surface area contributed by atoms with Crippen LogP contribution in [0.5, 0.6) is 0 Å². The molecule has 0 saturated carbocycles. The summed E-state index contributed by atoms with van der Waals surface area (Å²) in [5, 5.41) is 0. The fraction of sp³-hybridized carbons (Fsp3) is 0.200. The number of aryl methyl sites for hydroxylation is 1. The summed E-state index contributed by atoms with van der Waals surface area (Å²) in [6.45, 7) is 1.80. The number of benzene rings is 1. The molecule has 0 amide bonds. The average Bonchev–Trinajstić information content (AvgIpc) is 2.44. The van der Waals surface area contributed by atoms with Gasteiger partial charge in [-0.3, -0.25) is 0 Å². The van der Waals surface area contributed by atoms with Crippen LogP contribution in [0, 0.1) is 6.92 Å². The van der Waals surface area contributed by atoms with Crippen molar-refractivity contribution in [2.75, 3.05) is 0 Å². The molecule has 0 fully saturated rings. The zero-order valence-corrected chi connectivity index (χ0v) is 7.28. The monoisotopic (exact) mass is 175 g/mol. The highest BCUT2D eigenvalue weighted by Gasteiger charge is 2.02. The number of hydrogen-bond donors (Lipinski definition) is 0. The van der Waals surface area contributed by atoms with E-state index in [0.29, 0.717) is 12.3 Å². The lowest BCUT2D eigenvalue weighted by atomic mass is 10.1. The van der Waals surface area contributed by atoms with Crippen LogP contribution in [0.3, 0.4) is 0 Å². The molecule has 0 bridgehead atoms. The fourth-order valence-corrected chi connectivity index (χ4v) is 1.31. The Morgan fingerprint density at radius 1 is 1.54 bits per heavy atom. The second-order valence-corrected chi connectivity index (χ2v) is 2.91. The van der Waals surface area contributed by atoms with E-state index in [1.807, 2.05) is 18.2 Å². The Balaban J connectivity index is 2.54. The first-order chi connectivity index (χ1) is 6.29. The van der Waals surface area contributed by atoms with Gasteiger partial charge in [0.15, 0.2) is 11.5 Å². The van der Waals surface area contributed by atoms with Crippen LogP contribution >= 0.6 is 0 Å². The second kappa shape index (κ2) is 3.01. The van der Waals surface area contributed by atoms with Gasteiger partial charge in [0.25, 0.3) is 0 Å². The predicted octanol–water partition coefficient (Wildman–Crippen LogP) is 1.88. The third kappa shape index (κ3) is 1.45. The molecule has 0 radical (unpaired) electrons. The van der Waals surface area contributed by atoms with E-state index in [4.69, 9.17) is 4.42 Å². The third-order valence-electron chi connectivity index (χ3n) is 1.88. The number of nitrogens with zero attached hydrogens (tertiary/aromatic N) is 1. The molecule has 0 aliphatic carbocycles. The lowest BCUT2D eigenvalue weighted by Gasteiger charge is -1.92. The highest BCUT2D eigenvalue weighted by Crippen LogP contribution is 2.16. The Morgan fingerprint density at radius 3 is 3.15 bits per heavy atom. The first-order valence-electron chi connectivity index (χ1n) is 4.09. The summed E-state index contributed by atoms with van der Waals surface area (Å²) in [7, 11) is 0. The van der Waals surface area contributed by atoms with Crippen LogP contribution in [0.25, 0.3) is 11.1 Å². The Kier molecular flexibility index (Phi) is 1.85. The molecule has 2 rings (SSSR count). The molecule has 0 aliphatic rings. The van der Waals surface area contributed by atoms with E-state index in [1.165, 1.54) is 0 Å². The lowest BCUT2D eigenvalue weighted by Crippen LogP contribution is -1.83. The third-order valence-corrected chi connectivity index (χ3v) is 1.88. The molecule has 2 aromatic rings. The highest BCUT2D eigenvalue weighted by atomic mass is 16.3. The van der Waals surface area contributed by atoms with Gasteiger partial charge in [0.05, 0.1) is 0 Å². The van der Waals surface area contributed by atoms with Crippen LogP contribution < -0.4 is 0 Å². The molecule has 1 aromatic heterocycles. The van der Waals surface area contributed by atoms with Crippen LogP contribution in [0.1, 0.15) is 11.5 Å². The van der Waals surface area contributed by atoms with Crippen molar-refractivity contribution in [1.29, 1.82) is 0 Å². The van der Waals surface area contributed by atoms with Gasteiger partial charge < -0.3 is 9.21 Å². The van der Waals surface area contributed by atoms with Gasteiger partial charge in [-0.2, -0.15) is 0 Å². The Morgan fingerprint density at radius 2 is 2.38 bits per heavy atom.